The van der Waals surface area contributed by atoms with Crippen molar-refractivity contribution in [2.45, 2.75) is 39.5 Å². The minimum Gasteiger partial charge on any atom is -0.311 e. The highest BCUT2D eigenvalue weighted by molar-refractivity contribution is 6.37. The summed E-state index contributed by atoms with van der Waals surface area (Å²) in [7, 11) is 0. The van der Waals surface area contributed by atoms with Gasteiger partial charge in [0.25, 0.3) is 11.8 Å². The van der Waals surface area contributed by atoms with E-state index >= 15 is 0 Å². The van der Waals surface area contributed by atoms with E-state index in [1.165, 1.54) is 4.90 Å². The van der Waals surface area contributed by atoms with E-state index in [0.717, 1.165) is 55.8 Å². The zero-order chi connectivity index (χ0) is 31.9. The number of anilines is 4. The molecule has 0 atom stereocenters. The average Bonchev–Trinajstić information content (AvgIpc) is 3.08. The van der Waals surface area contributed by atoms with Gasteiger partial charge in [-0.05, 0) is 88.0 Å². The Morgan fingerprint density at radius 3 is 1.50 bits per heavy atom. The number of carbonyl (C=O) groups is 2. The lowest BCUT2D eigenvalue weighted by atomic mass is 9.86. The van der Waals surface area contributed by atoms with E-state index in [4.69, 9.17) is 0 Å². The SMILES string of the molecule is CC(C)c1cccc(C(C)C)c1N1C(=O)c2cccc3c(-c4ccc(N(c5ccccc5)c5ccccc5)cc4)ccc(c23)C1=O. The van der Waals surface area contributed by atoms with Gasteiger partial charge in [0.05, 0.1) is 5.69 Å². The molecule has 1 heterocycles. The van der Waals surface area contributed by atoms with Crippen molar-refractivity contribution in [1.29, 1.82) is 0 Å². The lowest BCUT2D eigenvalue weighted by Gasteiger charge is -2.32. The first kappa shape index (κ1) is 29.2. The van der Waals surface area contributed by atoms with Gasteiger partial charge in [-0.25, -0.2) is 4.90 Å². The number of imide groups is 1. The first-order valence-electron chi connectivity index (χ1n) is 15.9. The molecule has 6 aromatic carbocycles. The van der Waals surface area contributed by atoms with E-state index in [9.17, 15) is 9.59 Å². The fourth-order valence-corrected chi connectivity index (χ4v) is 6.71. The normalized spacial score (nSPS) is 12.8. The molecule has 0 aliphatic carbocycles. The number of amides is 2. The van der Waals surface area contributed by atoms with Crippen LogP contribution in [0.5, 0.6) is 0 Å². The average molecular weight is 601 g/mol. The van der Waals surface area contributed by atoms with Gasteiger partial charge in [-0.15, -0.1) is 0 Å². The molecule has 0 aromatic heterocycles. The van der Waals surface area contributed by atoms with Crippen molar-refractivity contribution >= 4 is 45.3 Å². The second-order valence-corrected chi connectivity index (χ2v) is 12.5. The van der Waals surface area contributed by atoms with Crippen LogP contribution in [0.1, 0.15) is 71.4 Å². The number of hydrogen-bond donors (Lipinski definition) is 0. The Kier molecular flexibility index (Phi) is 7.50. The van der Waals surface area contributed by atoms with Crippen LogP contribution in [0.15, 0.2) is 133 Å². The molecule has 4 heteroatoms. The minimum atomic E-state index is -0.271. The van der Waals surface area contributed by atoms with Gasteiger partial charge in [0.15, 0.2) is 0 Å². The molecule has 2 amide bonds. The maximum Gasteiger partial charge on any atom is 0.266 e. The highest BCUT2D eigenvalue weighted by atomic mass is 16.2. The van der Waals surface area contributed by atoms with Gasteiger partial charge in [0.1, 0.15) is 0 Å². The third-order valence-corrected chi connectivity index (χ3v) is 8.94. The molecule has 0 N–H and O–H groups in total. The predicted molar refractivity (Wildman–Crippen MR) is 190 cm³/mol. The van der Waals surface area contributed by atoms with Crippen LogP contribution in [0.2, 0.25) is 0 Å². The summed E-state index contributed by atoms with van der Waals surface area (Å²) in [6.07, 6.45) is 0. The molecule has 0 unspecified atom stereocenters. The number of nitrogens with zero attached hydrogens (tertiary/aromatic N) is 2. The van der Waals surface area contributed by atoms with Crippen LogP contribution in [0, 0.1) is 0 Å². The second-order valence-electron chi connectivity index (χ2n) is 12.5. The summed E-state index contributed by atoms with van der Waals surface area (Å²) in [4.78, 5) is 32.3. The Balaban J connectivity index is 1.32. The van der Waals surface area contributed by atoms with Crippen LogP contribution in [0.25, 0.3) is 21.9 Å². The van der Waals surface area contributed by atoms with Crippen molar-refractivity contribution in [3.8, 4) is 11.1 Å². The maximum atomic E-state index is 14.3. The number of para-hydroxylation sites is 3. The maximum absolute atomic E-state index is 14.3. The van der Waals surface area contributed by atoms with E-state index in [1.807, 2.05) is 84.9 Å². The first-order chi connectivity index (χ1) is 22.3. The summed E-state index contributed by atoms with van der Waals surface area (Å²) >= 11 is 0. The van der Waals surface area contributed by atoms with Crippen LogP contribution in [-0.4, -0.2) is 11.8 Å². The third kappa shape index (κ3) is 4.87. The van der Waals surface area contributed by atoms with Crippen molar-refractivity contribution in [3.05, 3.63) is 156 Å². The lowest BCUT2D eigenvalue weighted by molar-refractivity contribution is 0.0893. The van der Waals surface area contributed by atoms with E-state index in [-0.39, 0.29) is 23.7 Å². The Labute approximate surface area is 270 Å². The smallest absolute Gasteiger partial charge is 0.266 e. The van der Waals surface area contributed by atoms with E-state index < -0.39 is 0 Å². The predicted octanol–water partition coefficient (Wildman–Crippen LogP) is 11.0. The lowest BCUT2D eigenvalue weighted by Crippen LogP contribution is -2.41. The van der Waals surface area contributed by atoms with Gasteiger partial charge >= 0.3 is 0 Å². The largest absolute Gasteiger partial charge is 0.311 e. The zero-order valence-corrected chi connectivity index (χ0v) is 26.6. The Hall–Kier alpha value is -5.48. The van der Waals surface area contributed by atoms with Crippen LogP contribution in [-0.2, 0) is 0 Å². The molecule has 1 aliphatic heterocycles. The molecule has 0 spiro atoms. The molecule has 226 valence electrons. The van der Waals surface area contributed by atoms with Gasteiger partial charge < -0.3 is 4.90 Å². The standard InChI is InChI=1S/C42H36N2O2/c1-27(2)33-17-11-18-34(28(3)4)40(33)44-41(45)37-20-12-19-36-35(25-26-38(39(36)37)42(44)46)29-21-23-32(24-22-29)43(30-13-7-5-8-14-30)31-15-9-6-10-16-31/h5-28H,1-4H3. The molecule has 0 saturated carbocycles. The van der Waals surface area contributed by atoms with Crippen LogP contribution in [0.3, 0.4) is 0 Å². The van der Waals surface area contributed by atoms with Gasteiger partial charge in [-0.2, -0.15) is 0 Å². The summed E-state index contributed by atoms with van der Waals surface area (Å²) < 4.78 is 0. The van der Waals surface area contributed by atoms with Crippen molar-refractivity contribution in [2.75, 3.05) is 9.80 Å². The Morgan fingerprint density at radius 1 is 0.478 bits per heavy atom. The number of carbonyl (C=O) groups excluding carboxylic acids is 2. The summed E-state index contributed by atoms with van der Waals surface area (Å²) in [6, 6.07) is 44.9. The van der Waals surface area contributed by atoms with Crippen molar-refractivity contribution in [1.82, 2.24) is 0 Å². The highest BCUT2D eigenvalue weighted by Crippen LogP contribution is 2.43. The van der Waals surface area contributed by atoms with Gasteiger partial charge in [0.2, 0.25) is 0 Å². The highest BCUT2D eigenvalue weighted by Gasteiger charge is 2.37. The van der Waals surface area contributed by atoms with Crippen LogP contribution in [0.4, 0.5) is 22.7 Å². The van der Waals surface area contributed by atoms with E-state index in [1.54, 1.807) is 0 Å². The summed E-state index contributed by atoms with van der Waals surface area (Å²) in [5.74, 6) is -0.244. The van der Waals surface area contributed by atoms with Crippen LogP contribution < -0.4 is 9.80 Å². The van der Waals surface area contributed by atoms with E-state index in [2.05, 4.69) is 81.1 Å². The zero-order valence-electron chi connectivity index (χ0n) is 26.6. The summed E-state index contributed by atoms with van der Waals surface area (Å²) in [6.45, 7) is 8.42. The molecule has 6 aromatic rings. The molecule has 46 heavy (non-hydrogen) atoms. The topological polar surface area (TPSA) is 40.6 Å². The molecule has 0 radical (unpaired) electrons. The van der Waals surface area contributed by atoms with Crippen molar-refractivity contribution < 1.29 is 9.59 Å². The summed E-state index contributed by atoms with van der Waals surface area (Å²) in [5.41, 5.74) is 9.02. The van der Waals surface area contributed by atoms with Gasteiger partial charge in [-0.3, -0.25) is 9.59 Å². The van der Waals surface area contributed by atoms with E-state index in [0.29, 0.717) is 11.1 Å². The fraction of sp³-hybridized carbons (Fsp3) is 0.143. The Morgan fingerprint density at radius 2 is 0.957 bits per heavy atom. The second kappa shape index (κ2) is 11.8. The molecular weight excluding hydrogens is 564 g/mol. The quantitative estimate of drug-likeness (QED) is 0.171. The van der Waals surface area contributed by atoms with Crippen molar-refractivity contribution in [2.24, 2.45) is 0 Å². The molecule has 4 nitrogen and oxygen atoms in total. The van der Waals surface area contributed by atoms with Crippen LogP contribution >= 0.6 is 0 Å². The van der Waals surface area contributed by atoms with Crippen molar-refractivity contribution in [3.63, 3.8) is 0 Å². The monoisotopic (exact) mass is 600 g/mol. The first-order valence-corrected chi connectivity index (χ1v) is 15.9. The van der Waals surface area contributed by atoms with Gasteiger partial charge in [0, 0.05) is 33.6 Å². The van der Waals surface area contributed by atoms with Gasteiger partial charge in [-0.1, -0.05) is 113 Å². The molecular formula is C42H36N2O2. The minimum absolute atomic E-state index is 0.150. The molecule has 1 aliphatic rings. The molecule has 7 rings (SSSR count). The number of rotatable bonds is 7. The number of benzene rings is 6. The fourth-order valence-electron chi connectivity index (χ4n) is 6.71. The molecule has 0 fully saturated rings. The molecule has 0 bridgehead atoms. The number of hydrogen-bond acceptors (Lipinski definition) is 3. The Bertz CT molecular complexity index is 1990. The summed E-state index contributed by atoms with van der Waals surface area (Å²) in [5, 5.41) is 1.62. The molecule has 0 saturated heterocycles. The third-order valence-electron chi connectivity index (χ3n) is 8.94.